The first-order chi connectivity index (χ1) is 11.1. The van der Waals surface area contributed by atoms with Crippen molar-refractivity contribution in [2.24, 2.45) is 0 Å². The van der Waals surface area contributed by atoms with Crippen LogP contribution in [0.5, 0.6) is 0 Å². The van der Waals surface area contributed by atoms with Crippen molar-refractivity contribution >= 4 is 21.5 Å². The number of aliphatic hydroxyl groups excluding tert-OH is 1. The van der Waals surface area contributed by atoms with E-state index >= 15 is 0 Å². The number of hydrogen-bond donors (Lipinski definition) is 2. The highest BCUT2D eigenvalue weighted by molar-refractivity contribution is 7.85. The van der Waals surface area contributed by atoms with E-state index in [1.807, 2.05) is 31.1 Å². The molecule has 0 radical (unpaired) electrons. The summed E-state index contributed by atoms with van der Waals surface area (Å²) in [7, 11) is 2.88. The largest absolute Gasteiger partial charge is 0.384 e. The van der Waals surface area contributed by atoms with Gasteiger partial charge in [0.2, 0.25) is 0 Å². The fourth-order valence-corrected chi connectivity index (χ4v) is 3.13. The summed E-state index contributed by atoms with van der Waals surface area (Å²) in [4.78, 5) is 3.35. The monoisotopic (exact) mass is 350 g/mol. The van der Waals surface area contributed by atoms with Gasteiger partial charge in [0.15, 0.2) is 0 Å². The Morgan fingerprint density at radius 3 is 1.83 bits per heavy atom. The van der Waals surface area contributed by atoms with Crippen LogP contribution in [0.4, 0.5) is 11.4 Å². The van der Waals surface area contributed by atoms with E-state index < -0.39 is 16.2 Å². The topological polar surface area (TPSA) is 81.1 Å². The third kappa shape index (κ3) is 3.87. The van der Waals surface area contributed by atoms with Crippen LogP contribution in [0, 0.1) is 0 Å². The fourth-order valence-electron chi connectivity index (χ4n) is 2.38. The van der Waals surface area contributed by atoms with Gasteiger partial charge in [0.25, 0.3) is 10.1 Å². The summed E-state index contributed by atoms with van der Waals surface area (Å²) in [6, 6.07) is 11.7. The van der Waals surface area contributed by atoms with Gasteiger partial charge in [-0.25, -0.2) is 0 Å². The van der Waals surface area contributed by atoms with Crippen LogP contribution in [0.15, 0.2) is 47.4 Å². The lowest BCUT2D eigenvalue weighted by molar-refractivity contribution is 0.216. The Bertz CT molecular complexity index is 815. The van der Waals surface area contributed by atoms with Crippen LogP contribution in [0.1, 0.15) is 17.2 Å². The smallest absolute Gasteiger partial charge is 0.294 e. The summed E-state index contributed by atoms with van der Waals surface area (Å²) in [6.45, 7) is 0. The Balaban J connectivity index is 2.50. The molecule has 0 aromatic heterocycles. The summed E-state index contributed by atoms with van der Waals surface area (Å²) in [5.74, 6) is 0. The zero-order valence-corrected chi connectivity index (χ0v) is 14.9. The molecular formula is C17H22N2O4S. The molecule has 0 unspecified atom stereocenters. The molecule has 0 fully saturated rings. The van der Waals surface area contributed by atoms with E-state index in [0.29, 0.717) is 11.3 Å². The lowest BCUT2D eigenvalue weighted by atomic mass is 10.0. The van der Waals surface area contributed by atoms with Crippen molar-refractivity contribution in [3.8, 4) is 0 Å². The molecule has 0 amide bonds. The highest BCUT2D eigenvalue weighted by Crippen LogP contribution is 2.31. The van der Waals surface area contributed by atoms with E-state index in [-0.39, 0.29) is 10.5 Å². The molecule has 2 aromatic rings. The molecule has 0 saturated carbocycles. The number of hydrogen-bond acceptors (Lipinski definition) is 5. The Morgan fingerprint density at radius 1 is 0.875 bits per heavy atom. The molecule has 0 spiro atoms. The molecular weight excluding hydrogens is 328 g/mol. The van der Waals surface area contributed by atoms with Gasteiger partial charge in [0, 0.05) is 45.1 Å². The SMILES string of the molecule is CN(C)c1ccc([C@@H](O)c2ccc(N(C)C)cc2S(=O)(=O)O)cc1. The molecule has 2 rings (SSSR count). The van der Waals surface area contributed by atoms with Crippen molar-refractivity contribution in [2.45, 2.75) is 11.0 Å². The normalized spacial score (nSPS) is 12.8. The van der Waals surface area contributed by atoms with Crippen molar-refractivity contribution in [1.29, 1.82) is 0 Å². The van der Waals surface area contributed by atoms with E-state index in [1.165, 1.54) is 12.1 Å². The number of anilines is 2. The van der Waals surface area contributed by atoms with Crippen molar-refractivity contribution < 1.29 is 18.1 Å². The van der Waals surface area contributed by atoms with E-state index in [0.717, 1.165) is 5.69 Å². The molecule has 0 aliphatic rings. The van der Waals surface area contributed by atoms with Crippen molar-refractivity contribution in [2.75, 3.05) is 38.0 Å². The molecule has 0 saturated heterocycles. The summed E-state index contributed by atoms with van der Waals surface area (Å²) >= 11 is 0. The van der Waals surface area contributed by atoms with Crippen LogP contribution in [0.3, 0.4) is 0 Å². The summed E-state index contributed by atoms with van der Waals surface area (Å²) in [6.07, 6.45) is -1.16. The highest BCUT2D eigenvalue weighted by Gasteiger charge is 2.23. The molecule has 0 aliphatic carbocycles. The lowest BCUT2D eigenvalue weighted by Gasteiger charge is -2.19. The predicted molar refractivity (Wildman–Crippen MR) is 95.4 cm³/mol. The second-order valence-electron chi connectivity index (χ2n) is 5.98. The van der Waals surface area contributed by atoms with E-state index in [9.17, 15) is 18.1 Å². The van der Waals surface area contributed by atoms with Crippen molar-refractivity contribution in [3.05, 3.63) is 53.6 Å². The second-order valence-corrected chi connectivity index (χ2v) is 7.37. The molecule has 0 heterocycles. The Morgan fingerprint density at radius 2 is 1.38 bits per heavy atom. The first kappa shape index (κ1) is 18.3. The molecule has 7 heteroatoms. The van der Waals surface area contributed by atoms with Gasteiger partial charge in [-0.05, 0) is 29.8 Å². The van der Waals surface area contributed by atoms with Gasteiger partial charge in [0.05, 0.1) is 0 Å². The van der Waals surface area contributed by atoms with Crippen LogP contribution in [-0.4, -0.2) is 46.3 Å². The Kier molecular flexibility index (Phi) is 5.17. The highest BCUT2D eigenvalue weighted by atomic mass is 32.2. The standard InChI is InChI=1S/C17H22N2O4S/c1-18(2)13-7-5-12(6-8-13)17(20)15-10-9-14(19(3)4)11-16(15)24(21,22)23/h5-11,17,20H,1-4H3,(H,21,22,23)/t17-/m1/s1. The third-order valence-electron chi connectivity index (χ3n) is 3.81. The number of benzene rings is 2. The summed E-state index contributed by atoms with van der Waals surface area (Å²) < 4.78 is 33.0. The van der Waals surface area contributed by atoms with Crippen LogP contribution < -0.4 is 9.80 Å². The average Bonchev–Trinajstić information content (AvgIpc) is 2.52. The second kappa shape index (κ2) is 6.80. The maximum absolute atomic E-state index is 11.7. The molecule has 2 N–H and O–H groups in total. The van der Waals surface area contributed by atoms with Crippen molar-refractivity contribution in [3.63, 3.8) is 0 Å². The molecule has 0 aliphatic heterocycles. The van der Waals surface area contributed by atoms with E-state index in [4.69, 9.17) is 0 Å². The van der Waals surface area contributed by atoms with Crippen LogP contribution in [-0.2, 0) is 10.1 Å². The first-order valence-electron chi connectivity index (χ1n) is 7.35. The van der Waals surface area contributed by atoms with Gasteiger partial charge in [-0.15, -0.1) is 0 Å². The van der Waals surface area contributed by atoms with Crippen LogP contribution in [0.25, 0.3) is 0 Å². The lowest BCUT2D eigenvalue weighted by Crippen LogP contribution is -2.13. The fraction of sp³-hybridized carbons (Fsp3) is 0.294. The van der Waals surface area contributed by atoms with Gasteiger partial charge in [-0.3, -0.25) is 4.55 Å². The van der Waals surface area contributed by atoms with Gasteiger partial charge < -0.3 is 14.9 Å². The molecule has 130 valence electrons. The minimum Gasteiger partial charge on any atom is -0.384 e. The van der Waals surface area contributed by atoms with Gasteiger partial charge in [-0.2, -0.15) is 8.42 Å². The predicted octanol–water partition coefficient (Wildman–Crippen LogP) is 2.15. The van der Waals surface area contributed by atoms with Gasteiger partial charge >= 0.3 is 0 Å². The summed E-state index contributed by atoms with van der Waals surface area (Å²) in [5, 5.41) is 10.6. The first-order valence-corrected chi connectivity index (χ1v) is 8.79. The van der Waals surface area contributed by atoms with Crippen molar-refractivity contribution in [1.82, 2.24) is 0 Å². The molecule has 1 atom stereocenters. The number of aliphatic hydroxyl groups is 1. The number of nitrogens with zero attached hydrogens (tertiary/aromatic N) is 2. The quantitative estimate of drug-likeness (QED) is 0.804. The third-order valence-corrected chi connectivity index (χ3v) is 4.72. The zero-order chi connectivity index (χ0) is 18.1. The van der Waals surface area contributed by atoms with Crippen LogP contribution >= 0.6 is 0 Å². The summed E-state index contributed by atoms with van der Waals surface area (Å²) in [5.41, 5.74) is 2.26. The number of rotatable bonds is 5. The Hall–Kier alpha value is -2.09. The maximum Gasteiger partial charge on any atom is 0.294 e. The maximum atomic E-state index is 11.7. The minimum absolute atomic E-state index is 0.140. The van der Waals surface area contributed by atoms with Gasteiger partial charge in [0.1, 0.15) is 11.0 Å². The molecule has 2 aromatic carbocycles. The molecule has 0 bridgehead atoms. The Labute approximate surface area is 142 Å². The molecule has 6 nitrogen and oxygen atoms in total. The molecule has 24 heavy (non-hydrogen) atoms. The van der Waals surface area contributed by atoms with Crippen LogP contribution in [0.2, 0.25) is 0 Å². The van der Waals surface area contributed by atoms with E-state index in [2.05, 4.69) is 0 Å². The average molecular weight is 350 g/mol. The zero-order valence-electron chi connectivity index (χ0n) is 14.1. The minimum atomic E-state index is -4.46. The van der Waals surface area contributed by atoms with Gasteiger partial charge in [-0.1, -0.05) is 18.2 Å². The van der Waals surface area contributed by atoms with E-state index in [1.54, 1.807) is 37.2 Å².